The molecule has 0 amide bonds. The van der Waals surface area contributed by atoms with Gasteiger partial charge in [0.2, 0.25) is 0 Å². The molecular weight excluding hydrogens is 258 g/mol. The van der Waals surface area contributed by atoms with Crippen LogP contribution < -0.4 is 0 Å². The normalized spacial score (nSPS) is 11.1. The molecule has 0 fully saturated rings. The zero-order valence-corrected chi connectivity index (χ0v) is 13.3. The number of aromatic nitrogens is 3. The Morgan fingerprint density at radius 3 is 1.95 bits per heavy atom. The van der Waals surface area contributed by atoms with E-state index in [1.807, 2.05) is 10.9 Å². The maximum atomic E-state index is 4.78. The maximum absolute atomic E-state index is 4.78. The molecule has 0 atom stereocenters. The maximum Gasteiger partial charge on any atom is 0.159 e. The lowest BCUT2D eigenvalue weighted by molar-refractivity contribution is 0.818. The summed E-state index contributed by atoms with van der Waals surface area (Å²) >= 11 is 0. The lowest BCUT2D eigenvalue weighted by Gasteiger charge is -2.11. The van der Waals surface area contributed by atoms with Crippen molar-refractivity contribution in [3.8, 4) is 11.5 Å². The second kappa shape index (κ2) is 4.92. The summed E-state index contributed by atoms with van der Waals surface area (Å²) in [5.74, 6) is 0.967. The third-order valence-corrected chi connectivity index (χ3v) is 3.94. The smallest absolute Gasteiger partial charge is 0.159 e. The van der Waals surface area contributed by atoms with Gasteiger partial charge in [-0.25, -0.2) is 4.68 Å². The summed E-state index contributed by atoms with van der Waals surface area (Å²) in [6.07, 6.45) is 2.04. The standard InChI is InChI=1S/C18H21N3/c1-12-10-13(2)18(14(3)11-12)20-9-8-17(19-20)21-15(4)6-7-16(21)5/h6-11H,1-5H3. The van der Waals surface area contributed by atoms with E-state index in [1.165, 1.54) is 33.8 Å². The van der Waals surface area contributed by atoms with Gasteiger partial charge in [0.05, 0.1) is 5.69 Å². The number of hydrogen-bond acceptors (Lipinski definition) is 1. The minimum atomic E-state index is 0.967. The van der Waals surface area contributed by atoms with E-state index in [9.17, 15) is 0 Å². The van der Waals surface area contributed by atoms with E-state index >= 15 is 0 Å². The van der Waals surface area contributed by atoms with Gasteiger partial charge in [-0.3, -0.25) is 0 Å². The van der Waals surface area contributed by atoms with Crippen LogP contribution in [0, 0.1) is 34.6 Å². The lowest BCUT2D eigenvalue weighted by Crippen LogP contribution is -2.04. The molecule has 1 aromatic carbocycles. The predicted molar refractivity (Wildman–Crippen MR) is 86.6 cm³/mol. The van der Waals surface area contributed by atoms with E-state index < -0.39 is 0 Å². The Kier molecular flexibility index (Phi) is 3.20. The van der Waals surface area contributed by atoms with Crippen molar-refractivity contribution in [1.29, 1.82) is 0 Å². The fraction of sp³-hybridized carbons (Fsp3) is 0.278. The van der Waals surface area contributed by atoms with Crippen molar-refractivity contribution in [2.45, 2.75) is 34.6 Å². The number of hydrogen-bond donors (Lipinski definition) is 0. The van der Waals surface area contributed by atoms with Crippen LogP contribution in [0.3, 0.4) is 0 Å². The monoisotopic (exact) mass is 279 g/mol. The first-order chi connectivity index (χ1) is 9.97. The molecule has 0 aliphatic carbocycles. The molecule has 0 spiro atoms. The zero-order valence-electron chi connectivity index (χ0n) is 13.3. The van der Waals surface area contributed by atoms with Gasteiger partial charge in [0.25, 0.3) is 0 Å². The van der Waals surface area contributed by atoms with E-state index in [2.05, 4.69) is 69.5 Å². The highest BCUT2D eigenvalue weighted by Gasteiger charge is 2.11. The Labute approximate surface area is 125 Å². The van der Waals surface area contributed by atoms with Crippen LogP contribution in [0.4, 0.5) is 0 Å². The van der Waals surface area contributed by atoms with Crippen LogP contribution in [0.1, 0.15) is 28.1 Å². The molecule has 0 unspecified atom stereocenters. The van der Waals surface area contributed by atoms with Crippen molar-refractivity contribution in [2.24, 2.45) is 0 Å². The third kappa shape index (κ3) is 2.29. The van der Waals surface area contributed by atoms with Crippen LogP contribution in [0.2, 0.25) is 0 Å². The minimum absolute atomic E-state index is 0.967. The van der Waals surface area contributed by atoms with E-state index in [-0.39, 0.29) is 0 Å². The lowest BCUT2D eigenvalue weighted by atomic mass is 10.1. The SMILES string of the molecule is Cc1cc(C)c(-n2ccc(-n3c(C)ccc3C)n2)c(C)c1. The van der Waals surface area contributed by atoms with Crippen molar-refractivity contribution < 1.29 is 0 Å². The molecule has 2 aromatic heterocycles. The molecule has 0 radical (unpaired) electrons. The van der Waals surface area contributed by atoms with Crippen LogP contribution in [0.15, 0.2) is 36.5 Å². The first kappa shape index (κ1) is 13.7. The highest BCUT2D eigenvalue weighted by molar-refractivity contribution is 5.49. The first-order valence-corrected chi connectivity index (χ1v) is 7.26. The van der Waals surface area contributed by atoms with Gasteiger partial charge >= 0.3 is 0 Å². The van der Waals surface area contributed by atoms with Gasteiger partial charge < -0.3 is 4.57 Å². The quantitative estimate of drug-likeness (QED) is 0.689. The summed E-state index contributed by atoms with van der Waals surface area (Å²) in [6, 6.07) is 10.7. The molecule has 0 aliphatic rings. The minimum Gasteiger partial charge on any atom is -0.302 e. The Bertz CT molecular complexity index is 763. The van der Waals surface area contributed by atoms with Crippen LogP contribution in [0.5, 0.6) is 0 Å². The third-order valence-electron chi connectivity index (χ3n) is 3.94. The van der Waals surface area contributed by atoms with Crippen LogP contribution in [-0.4, -0.2) is 14.3 Å². The molecule has 0 bridgehead atoms. The molecule has 3 heteroatoms. The molecule has 3 aromatic rings. The Balaban J connectivity index is 2.12. The van der Waals surface area contributed by atoms with E-state index in [4.69, 9.17) is 5.10 Å². The van der Waals surface area contributed by atoms with Crippen LogP contribution in [0.25, 0.3) is 11.5 Å². The number of rotatable bonds is 2. The zero-order chi connectivity index (χ0) is 15.1. The predicted octanol–water partition coefficient (Wildman–Crippen LogP) is 4.21. The van der Waals surface area contributed by atoms with Gasteiger partial charge in [-0.1, -0.05) is 17.7 Å². The van der Waals surface area contributed by atoms with Crippen LogP contribution >= 0.6 is 0 Å². The molecule has 0 saturated heterocycles. The number of benzene rings is 1. The van der Waals surface area contributed by atoms with Gasteiger partial charge in [-0.15, -0.1) is 5.10 Å². The van der Waals surface area contributed by atoms with Crippen molar-refractivity contribution in [3.63, 3.8) is 0 Å². The summed E-state index contributed by atoms with van der Waals surface area (Å²) in [6.45, 7) is 10.6. The molecule has 2 heterocycles. The molecule has 3 rings (SSSR count). The topological polar surface area (TPSA) is 22.8 Å². The van der Waals surface area contributed by atoms with Gasteiger partial charge in [0.1, 0.15) is 0 Å². The van der Waals surface area contributed by atoms with Crippen molar-refractivity contribution >= 4 is 0 Å². The summed E-state index contributed by atoms with van der Waals surface area (Å²) in [5.41, 5.74) is 7.38. The second-order valence-electron chi connectivity index (χ2n) is 5.82. The van der Waals surface area contributed by atoms with E-state index in [1.54, 1.807) is 0 Å². The Morgan fingerprint density at radius 1 is 0.810 bits per heavy atom. The van der Waals surface area contributed by atoms with Gasteiger partial charge in [-0.05, 0) is 57.9 Å². The second-order valence-corrected chi connectivity index (χ2v) is 5.82. The average molecular weight is 279 g/mol. The fourth-order valence-electron chi connectivity index (χ4n) is 3.12. The van der Waals surface area contributed by atoms with E-state index in [0.29, 0.717) is 0 Å². The Morgan fingerprint density at radius 2 is 1.38 bits per heavy atom. The largest absolute Gasteiger partial charge is 0.302 e. The van der Waals surface area contributed by atoms with Crippen LogP contribution in [-0.2, 0) is 0 Å². The first-order valence-electron chi connectivity index (χ1n) is 7.26. The summed E-state index contributed by atoms with van der Waals surface area (Å²) in [4.78, 5) is 0. The Hall–Kier alpha value is -2.29. The summed E-state index contributed by atoms with van der Waals surface area (Å²) in [7, 11) is 0. The molecule has 0 saturated carbocycles. The molecule has 3 nitrogen and oxygen atoms in total. The summed E-state index contributed by atoms with van der Waals surface area (Å²) < 4.78 is 4.16. The van der Waals surface area contributed by atoms with Gasteiger partial charge in [0, 0.05) is 23.7 Å². The van der Waals surface area contributed by atoms with E-state index in [0.717, 1.165) is 5.82 Å². The van der Waals surface area contributed by atoms with Crippen molar-refractivity contribution in [2.75, 3.05) is 0 Å². The highest BCUT2D eigenvalue weighted by Crippen LogP contribution is 2.22. The molecule has 21 heavy (non-hydrogen) atoms. The van der Waals surface area contributed by atoms with Gasteiger partial charge in [0.15, 0.2) is 5.82 Å². The molecule has 0 N–H and O–H groups in total. The average Bonchev–Trinajstić information content (AvgIpc) is 2.96. The fourth-order valence-corrected chi connectivity index (χ4v) is 3.12. The van der Waals surface area contributed by atoms with Crippen molar-refractivity contribution in [3.05, 3.63) is 64.6 Å². The number of nitrogens with zero attached hydrogens (tertiary/aromatic N) is 3. The van der Waals surface area contributed by atoms with Crippen molar-refractivity contribution in [1.82, 2.24) is 14.3 Å². The summed E-state index contributed by atoms with van der Waals surface area (Å²) in [5, 5.41) is 4.78. The molecule has 108 valence electrons. The number of aryl methyl sites for hydroxylation is 5. The van der Waals surface area contributed by atoms with Gasteiger partial charge in [-0.2, -0.15) is 0 Å². The highest BCUT2D eigenvalue weighted by atomic mass is 15.3. The molecular formula is C18H21N3. The molecule has 0 aliphatic heterocycles.